The average molecular weight is 352 g/mol. The topological polar surface area (TPSA) is 59.6 Å². The van der Waals surface area contributed by atoms with Crippen molar-refractivity contribution in [2.45, 2.75) is 44.8 Å². The van der Waals surface area contributed by atoms with Gasteiger partial charge in [0.2, 0.25) is 5.88 Å². The summed E-state index contributed by atoms with van der Waals surface area (Å²) in [6.07, 6.45) is 6.69. The largest absolute Gasteiger partial charge is 0.475 e. The van der Waals surface area contributed by atoms with E-state index in [1.165, 1.54) is 6.42 Å². The predicted molar refractivity (Wildman–Crippen MR) is 96.2 cm³/mol. The van der Waals surface area contributed by atoms with Gasteiger partial charge in [-0.1, -0.05) is 30.2 Å². The molecule has 0 aliphatic heterocycles. The lowest BCUT2D eigenvalue weighted by atomic mass is 9.98. The van der Waals surface area contributed by atoms with Crippen LogP contribution in [0.3, 0.4) is 0 Å². The minimum atomic E-state index is -0.655. The number of hydrogen-bond donors (Lipinski definition) is 2. The van der Waals surface area contributed by atoms with Crippen molar-refractivity contribution in [1.82, 2.24) is 5.32 Å². The number of hydrogen-bond acceptors (Lipinski definition) is 4. The van der Waals surface area contributed by atoms with Gasteiger partial charge < -0.3 is 15.8 Å². The molecule has 130 valence electrons. The minimum absolute atomic E-state index is 0.0841. The monoisotopic (exact) mass is 351 g/mol. The van der Waals surface area contributed by atoms with Gasteiger partial charge in [0.05, 0.1) is 6.21 Å². The Labute approximate surface area is 147 Å². The highest BCUT2D eigenvalue weighted by Gasteiger charge is 2.14. The van der Waals surface area contributed by atoms with E-state index in [0.29, 0.717) is 11.6 Å². The molecule has 3 N–H and O–H groups in total. The highest BCUT2D eigenvalue weighted by molar-refractivity contribution is 6.30. The van der Waals surface area contributed by atoms with Crippen molar-refractivity contribution in [2.75, 3.05) is 0 Å². The molecule has 0 atom stereocenters. The summed E-state index contributed by atoms with van der Waals surface area (Å²) >= 11 is 5.81. The Morgan fingerprint density at radius 1 is 1.33 bits per heavy atom. The van der Waals surface area contributed by atoms with Crippen LogP contribution in [-0.4, -0.2) is 12.3 Å². The average Bonchev–Trinajstić information content (AvgIpc) is 2.59. The van der Waals surface area contributed by atoms with Crippen molar-refractivity contribution in [2.24, 2.45) is 10.7 Å². The number of halogens is 2. The van der Waals surface area contributed by atoms with Gasteiger partial charge in [0.15, 0.2) is 5.83 Å². The third-order valence-electron chi connectivity index (χ3n) is 3.83. The first-order chi connectivity index (χ1) is 11.5. The third kappa shape index (κ3) is 6.24. The molecule has 24 heavy (non-hydrogen) atoms. The fraction of sp³-hybridized carbons (Fsp3) is 0.389. The first kappa shape index (κ1) is 18.3. The summed E-state index contributed by atoms with van der Waals surface area (Å²) in [6, 6.07) is 7.22. The van der Waals surface area contributed by atoms with Crippen LogP contribution in [0.1, 0.15) is 37.7 Å². The lowest BCUT2D eigenvalue weighted by molar-refractivity contribution is 0.0824. The van der Waals surface area contributed by atoms with Crippen LogP contribution in [0, 0.1) is 0 Å². The van der Waals surface area contributed by atoms with E-state index in [1.54, 1.807) is 12.1 Å². The Morgan fingerprint density at radius 2 is 2.00 bits per heavy atom. The molecule has 4 nitrogen and oxygen atoms in total. The summed E-state index contributed by atoms with van der Waals surface area (Å²) in [4.78, 5) is 3.89. The van der Waals surface area contributed by atoms with E-state index < -0.39 is 5.83 Å². The van der Waals surface area contributed by atoms with Gasteiger partial charge in [-0.2, -0.15) is 0 Å². The van der Waals surface area contributed by atoms with Crippen molar-refractivity contribution in [3.05, 3.63) is 59.0 Å². The Kier molecular flexibility index (Phi) is 7.12. The van der Waals surface area contributed by atoms with Gasteiger partial charge in [-0.3, -0.25) is 0 Å². The molecule has 0 radical (unpaired) electrons. The zero-order valence-corrected chi connectivity index (χ0v) is 14.4. The third-order valence-corrected chi connectivity index (χ3v) is 4.08. The number of benzene rings is 1. The Morgan fingerprint density at radius 3 is 2.67 bits per heavy atom. The van der Waals surface area contributed by atoms with Gasteiger partial charge in [-0.05, 0) is 50.0 Å². The van der Waals surface area contributed by atoms with Crippen molar-refractivity contribution >= 4 is 17.8 Å². The molecule has 1 saturated carbocycles. The number of aliphatic imine (C=N–C) groups is 1. The zero-order valence-electron chi connectivity index (χ0n) is 13.6. The first-order valence-corrected chi connectivity index (χ1v) is 8.45. The van der Waals surface area contributed by atoms with Crippen LogP contribution >= 0.6 is 11.6 Å². The van der Waals surface area contributed by atoms with E-state index >= 15 is 0 Å². The standard InChI is InChI=1S/C18H23ClFN3O/c1-13(24-16-5-3-2-4-6-16)22-12-17(20)18(21)23-11-14-7-9-15(19)10-8-14/h7-10,12,16,23H,1-6,11,21H2/b18-17-,22-12-. The fourth-order valence-corrected chi connectivity index (χ4v) is 2.61. The van der Waals surface area contributed by atoms with Gasteiger partial charge in [0.1, 0.15) is 11.9 Å². The van der Waals surface area contributed by atoms with Crippen LogP contribution in [0.5, 0.6) is 0 Å². The molecule has 1 aromatic rings. The fourth-order valence-electron chi connectivity index (χ4n) is 2.49. The van der Waals surface area contributed by atoms with Crippen LogP contribution in [-0.2, 0) is 11.3 Å². The van der Waals surface area contributed by atoms with E-state index in [-0.39, 0.29) is 17.8 Å². The van der Waals surface area contributed by atoms with Gasteiger partial charge in [-0.15, -0.1) is 0 Å². The Bertz CT molecular complexity index is 607. The molecule has 6 heteroatoms. The smallest absolute Gasteiger partial charge is 0.206 e. The molecule has 1 aromatic carbocycles. The lowest BCUT2D eigenvalue weighted by Crippen LogP contribution is -2.21. The number of allylic oxidation sites excluding steroid dienone is 1. The molecular formula is C18H23ClFN3O. The molecule has 1 aliphatic carbocycles. The summed E-state index contributed by atoms with van der Waals surface area (Å²) in [5.41, 5.74) is 6.61. The van der Waals surface area contributed by atoms with E-state index in [2.05, 4.69) is 16.9 Å². The second-order valence-corrected chi connectivity index (χ2v) is 6.21. The van der Waals surface area contributed by atoms with Gasteiger partial charge in [-0.25, -0.2) is 9.38 Å². The maximum atomic E-state index is 13.9. The maximum Gasteiger partial charge on any atom is 0.206 e. The van der Waals surface area contributed by atoms with E-state index in [0.717, 1.165) is 37.5 Å². The van der Waals surface area contributed by atoms with E-state index in [9.17, 15) is 4.39 Å². The molecular weight excluding hydrogens is 329 g/mol. The van der Waals surface area contributed by atoms with Crippen molar-refractivity contribution in [3.8, 4) is 0 Å². The van der Waals surface area contributed by atoms with Crippen LogP contribution in [0.4, 0.5) is 4.39 Å². The summed E-state index contributed by atoms with van der Waals surface area (Å²) in [5.74, 6) is -0.529. The van der Waals surface area contributed by atoms with Crippen molar-refractivity contribution in [1.29, 1.82) is 0 Å². The number of nitrogens with two attached hydrogens (primary N) is 1. The Hall–Kier alpha value is -2.01. The molecule has 0 saturated heterocycles. The molecule has 0 spiro atoms. The molecule has 1 aliphatic rings. The quantitative estimate of drug-likeness (QED) is 0.564. The van der Waals surface area contributed by atoms with Gasteiger partial charge in [0.25, 0.3) is 0 Å². The van der Waals surface area contributed by atoms with Gasteiger partial charge in [0, 0.05) is 11.6 Å². The van der Waals surface area contributed by atoms with Crippen LogP contribution in [0.25, 0.3) is 0 Å². The number of rotatable bonds is 7. The van der Waals surface area contributed by atoms with Crippen LogP contribution < -0.4 is 11.1 Å². The normalized spacial score (nSPS) is 16.8. The summed E-state index contributed by atoms with van der Waals surface area (Å²) in [6.45, 7) is 4.09. The summed E-state index contributed by atoms with van der Waals surface area (Å²) in [7, 11) is 0. The van der Waals surface area contributed by atoms with Gasteiger partial charge >= 0.3 is 0 Å². The predicted octanol–water partition coefficient (Wildman–Crippen LogP) is 4.42. The number of nitrogens with zero attached hydrogens (tertiary/aromatic N) is 1. The zero-order chi connectivity index (χ0) is 17.4. The highest BCUT2D eigenvalue weighted by Crippen LogP contribution is 2.22. The van der Waals surface area contributed by atoms with Crippen LogP contribution in [0.15, 0.2) is 53.4 Å². The lowest BCUT2D eigenvalue weighted by Gasteiger charge is -2.22. The summed E-state index contributed by atoms with van der Waals surface area (Å²) in [5, 5.41) is 3.45. The number of nitrogens with one attached hydrogen (secondary N) is 1. The maximum absolute atomic E-state index is 13.9. The minimum Gasteiger partial charge on any atom is -0.475 e. The first-order valence-electron chi connectivity index (χ1n) is 8.08. The highest BCUT2D eigenvalue weighted by atomic mass is 35.5. The molecule has 0 bridgehead atoms. The second-order valence-electron chi connectivity index (χ2n) is 5.77. The molecule has 0 aromatic heterocycles. The van der Waals surface area contributed by atoms with Crippen molar-refractivity contribution < 1.29 is 9.13 Å². The molecule has 0 heterocycles. The Balaban J connectivity index is 1.81. The molecule has 1 fully saturated rings. The molecule has 2 rings (SSSR count). The molecule has 0 unspecified atom stereocenters. The van der Waals surface area contributed by atoms with Crippen molar-refractivity contribution in [3.63, 3.8) is 0 Å². The SMILES string of the molecule is C=C(/N=C\C(F)=C(/N)NCc1ccc(Cl)cc1)OC1CCCCC1. The van der Waals surface area contributed by atoms with E-state index in [4.69, 9.17) is 22.1 Å². The second kappa shape index (κ2) is 9.33. The number of ether oxygens (including phenoxy) is 1. The van der Waals surface area contributed by atoms with Crippen LogP contribution in [0.2, 0.25) is 5.02 Å². The molecule has 0 amide bonds. The summed E-state index contributed by atoms with van der Waals surface area (Å²) < 4.78 is 19.5. The van der Waals surface area contributed by atoms with E-state index in [1.807, 2.05) is 12.1 Å².